The van der Waals surface area contributed by atoms with Gasteiger partial charge in [-0.05, 0) is 46.7 Å². The lowest BCUT2D eigenvalue weighted by Gasteiger charge is -2.37. The van der Waals surface area contributed by atoms with Crippen molar-refractivity contribution < 1.29 is 5.11 Å². The largest absolute Gasteiger partial charge is 0.388 e. The first-order valence-electron chi connectivity index (χ1n) is 12.2. The van der Waals surface area contributed by atoms with Crippen LogP contribution < -0.4 is 0 Å². The van der Waals surface area contributed by atoms with Crippen LogP contribution in [0.2, 0.25) is 0 Å². The summed E-state index contributed by atoms with van der Waals surface area (Å²) < 4.78 is 3.19. The van der Waals surface area contributed by atoms with Crippen molar-refractivity contribution in [2.75, 3.05) is 0 Å². The monoisotopic (exact) mass is 536 g/mol. The first-order chi connectivity index (χ1) is 17.6. The molecule has 4 aromatic carbocycles. The van der Waals surface area contributed by atoms with Crippen LogP contribution in [-0.4, -0.2) is 14.7 Å². The molecule has 3 nitrogen and oxygen atoms in total. The van der Waals surface area contributed by atoms with Gasteiger partial charge in [-0.15, -0.1) is 0 Å². The van der Waals surface area contributed by atoms with Gasteiger partial charge in [-0.3, -0.25) is 0 Å². The van der Waals surface area contributed by atoms with Crippen LogP contribution in [-0.2, 0) is 12.0 Å². The SMILES string of the molecule is CC(Cc1cn(C(c2ccccc2)(c2ccccc2)c2ccccc2)cn1)C(O)c1cccc(Br)c1. The van der Waals surface area contributed by atoms with E-state index >= 15 is 0 Å². The van der Waals surface area contributed by atoms with Crippen LogP contribution in [0.3, 0.4) is 0 Å². The fourth-order valence-electron chi connectivity index (χ4n) is 5.10. The van der Waals surface area contributed by atoms with E-state index in [2.05, 4.69) is 125 Å². The minimum Gasteiger partial charge on any atom is -0.388 e. The van der Waals surface area contributed by atoms with Crippen LogP contribution in [0.5, 0.6) is 0 Å². The molecule has 0 saturated carbocycles. The number of nitrogens with zero attached hydrogens (tertiary/aromatic N) is 2. The van der Waals surface area contributed by atoms with E-state index in [1.807, 2.05) is 30.6 Å². The molecule has 0 aliphatic heterocycles. The highest BCUT2D eigenvalue weighted by Crippen LogP contribution is 2.41. The van der Waals surface area contributed by atoms with E-state index in [1.165, 1.54) is 0 Å². The summed E-state index contributed by atoms with van der Waals surface area (Å²) in [6.07, 6.45) is 4.15. The van der Waals surface area contributed by atoms with Gasteiger partial charge in [-0.2, -0.15) is 0 Å². The molecule has 0 fully saturated rings. The number of aliphatic hydroxyl groups is 1. The molecule has 4 heteroatoms. The van der Waals surface area contributed by atoms with Crippen molar-refractivity contribution in [2.45, 2.75) is 25.0 Å². The summed E-state index contributed by atoms with van der Waals surface area (Å²) in [6, 6.07) is 39.6. The molecule has 1 aromatic heterocycles. The summed E-state index contributed by atoms with van der Waals surface area (Å²) in [7, 11) is 0. The van der Waals surface area contributed by atoms with Crippen LogP contribution in [0.4, 0.5) is 0 Å². The molecule has 36 heavy (non-hydrogen) atoms. The molecule has 2 unspecified atom stereocenters. The molecule has 0 saturated heterocycles. The molecule has 0 amide bonds. The Hall–Kier alpha value is -3.47. The van der Waals surface area contributed by atoms with Gasteiger partial charge >= 0.3 is 0 Å². The van der Waals surface area contributed by atoms with Crippen molar-refractivity contribution in [3.05, 3.63) is 160 Å². The average molecular weight is 538 g/mol. The minimum absolute atomic E-state index is 0.00206. The fraction of sp³-hybridized carbons (Fsp3) is 0.156. The minimum atomic E-state index is -0.582. The second kappa shape index (κ2) is 10.7. The Morgan fingerprint density at radius 2 is 1.31 bits per heavy atom. The molecule has 0 bridgehead atoms. The molecule has 180 valence electrons. The zero-order chi connectivity index (χ0) is 25.0. The van der Waals surface area contributed by atoms with Crippen LogP contribution in [0.15, 0.2) is 132 Å². The maximum absolute atomic E-state index is 11.0. The van der Waals surface area contributed by atoms with Crippen LogP contribution >= 0.6 is 15.9 Å². The van der Waals surface area contributed by atoms with E-state index in [4.69, 9.17) is 4.98 Å². The average Bonchev–Trinajstić information content (AvgIpc) is 3.39. The molecular formula is C32H29BrN2O. The second-order valence-corrected chi connectivity index (χ2v) is 10.2. The predicted molar refractivity (Wildman–Crippen MR) is 149 cm³/mol. The number of hydrogen-bond acceptors (Lipinski definition) is 2. The van der Waals surface area contributed by atoms with E-state index in [9.17, 15) is 5.11 Å². The highest BCUT2D eigenvalue weighted by atomic mass is 79.9. The summed E-state index contributed by atoms with van der Waals surface area (Å²) in [5.41, 5.74) is 4.75. The molecule has 0 spiro atoms. The number of aromatic nitrogens is 2. The quantitative estimate of drug-likeness (QED) is 0.210. The Morgan fingerprint density at radius 1 is 0.778 bits per heavy atom. The number of rotatable bonds is 8. The van der Waals surface area contributed by atoms with E-state index in [-0.39, 0.29) is 5.92 Å². The number of benzene rings is 4. The summed E-state index contributed by atoms with van der Waals surface area (Å²) in [6.45, 7) is 2.07. The molecule has 0 aliphatic rings. The molecule has 0 radical (unpaired) electrons. The van der Waals surface area contributed by atoms with Crippen molar-refractivity contribution in [2.24, 2.45) is 5.92 Å². The van der Waals surface area contributed by atoms with Crippen molar-refractivity contribution in [1.29, 1.82) is 0 Å². The number of hydrogen-bond donors (Lipinski definition) is 1. The van der Waals surface area contributed by atoms with Gasteiger partial charge < -0.3 is 9.67 Å². The Kier molecular flexibility index (Phi) is 7.17. The van der Waals surface area contributed by atoms with E-state index in [1.54, 1.807) is 0 Å². The van der Waals surface area contributed by atoms with Crippen LogP contribution in [0.25, 0.3) is 0 Å². The van der Waals surface area contributed by atoms with Gasteiger partial charge in [0, 0.05) is 10.7 Å². The zero-order valence-corrected chi connectivity index (χ0v) is 21.8. The third-order valence-corrected chi connectivity index (χ3v) is 7.35. The van der Waals surface area contributed by atoms with E-state index in [0.717, 1.165) is 32.4 Å². The third-order valence-electron chi connectivity index (χ3n) is 6.86. The van der Waals surface area contributed by atoms with E-state index in [0.29, 0.717) is 6.42 Å². The Morgan fingerprint density at radius 3 is 1.81 bits per heavy atom. The van der Waals surface area contributed by atoms with Gasteiger partial charge in [0.25, 0.3) is 0 Å². The fourth-order valence-corrected chi connectivity index (χ4v) is 5.52. The van der Waals surface area contributed by atoms with Crippen molar-refractivity contribution in [1.82, 2.24) is 9.55 Å². The number of aliphatic hydroxyl groups excluding tert-OH is 1. The van der Waals surface area contributed by atoms with Gasteiger partial charge in [0.05, 0.1) is 18.1 Å². The molecule has 5 aromatic rings. The summed E-state index contributed by atoms with van der Waals surface area (Å²) >= 11 is 3.51. The second-order valence-electron chi connectivity index (χ2n) is 9.26. The van der Waals surface area contributed by atoms with Gasteiger partial charge in [-0.1, -0.05) is 126 Å². The highest BCUT2D eigenvalue weighted by molar-refractivity contribution is 9.10. The van der Waals surface area contributed by atoms with Crippen molar-refractivity contribution in [3.63, 3.8) is 0 Å². The first kappa shape index (κ1) is 24.2. The van der Waals surface area contributed by atoms with Gasteiger partial charge in [0.2, 0.25) is 0 Å². The third kappa shape index (κ3) is 4.67. The highest BCUT2D eigenvalue weighted by Gasteiger charge is 2.38. The van der Waals surface area contributed by atoms with Crippen LogP contribution in [0.1, 0.15) is 41.0 Å². The normalized spacial score (nSPS) is 13.3. The Balaban J connectivity index is 1.58. The molecular weight excluding hydrogens is 508 g/mol. The van der Waals surface area contributed by atoms with Crippen molar-refractivity contribution >= 4 is 15.9 Å². The van der Waals surface area contributed by atoms with Gasteiger partial charge in [0.15, 0.2) is 0 Å². The molecule has 5 rings (SSSR count). The zero-order valence-electron chi connectivity index (χ0n) is 20.2. The first-order valence-corrected chi connectivity index (χ1v) is 13.0. The number of imidazole rings is 1. The smallest absolute Gasteiger partial charge is 0.121 e. The lowest BCUT2D eigenvalue weighted by Crippen LogP contribution is -2.36. The standard InChI is InChI=1S/C32H29BrN2O/c1-24(31(36)25-12-11-19-29(33)21-25)20-30-22-35(23-34-30)32(26-13-5-2-6-14-26,27-15-7-3-8-16-27)28-17-9-4-10-18-28/h2-19,21-24,31,36H,20H2,1H3. The van der Waals surface area contributed by atoms with Gasteiger partial charge in [0.1, 0.15) is 5.54 Å². The molecule has 1 N–H and O–H groups in total. The Bertz CT molecular complexity index is 1300. The summed E-state index contributed by atoms with van der Waals surface area (Å²) in [4.78, 5) is 4.83. The maximum Gasteiger partial charge on any atom is 0.121 e. The molecule has 1 heterocycles. The summed E-state index contributed by atoms with van der Waals surface area (Å²) in [5, 5.41) is 11.0. The Labute approximate surface area is 221 Å². The lowest BCUT2D eigenvalue weighted by atomic mass is 9.77. The molecule has 2 atom stereocenters. The predicted octanol–water partition coefficient (Wildman–Crippen LogP) is 7.40. The van der Waals surface area contributed by atoms with Crippen LogP contribution in [0, 0.1) is 5.92 Å². The van der Waals surface area contributed by atoms with Gasteiger partial charge in [-0.25, -0.2) is 4.98 Å². The van der Waals surface area contributed by atoms with E-state index < -0.39 is 11.6 Å². The topological polar surface area (TPSA) is 38.0 Å². The lowest BCUT2D eigenvalue weighted by molar-refractivity contribution is 0.117. The summed E-state index contributed by atoms with van der Waals surface area (Å²) in [5.74, 6) is 0.00206. The maximum atomic E-state index is 11.0. The molecule has 0 aliphatic carbocycles. The number of halogens is 1. The van der Waals surface area contributed by atoms with Crippen molar-refractivity contribution in [3.8, 4) is 0 Å².